The molecule has 0 aliphatic carbocycles. The van der Waals surface area contributed by atoms with E-state index in [0.717, 1.165) is 0 Å². The van der Waals surface area contributed by atoms with E-state index in [1.54, 1.807) is 22.7 Å². The van der Waals surface area contributed by atoms with Gasteiger partial charge in [-0.15, -0.1) is 0 Å². The molecule has 1 aliphatic rings. The minimum absolute atomic E-state index is 0.0787. The second-order valence-electron chi connectivity index (χ2n) is 1.76. The number of rotatable bonds is 0. The van der Waals surface area contributed by atoms with Crippen LogP contribution >= 0.6 is 12.8 Å². The smallest absolute Gasteiger partial charge is 0.175 e. The van der Waals surface area contributed by atoms with Crippen LogP contribution in [0.2, 0.25) is 0 Å². The van der Waals surface area contributed by atoms with Crippen molar-refractivity contribution in [1.82, 2.24) is 4.31 Å². The van der Waals surface area contributed by atoms with E-state index in [1.165, 1.54) is 6.08 Å². The highest BCUT2D eigenvalue weighted by molar-refractivity contribution is 7.77. The van der Waals surface area contributed by atoms with Gasteiger partial charge in [-0.25, -0.2) is 0 Å². The van der Waals surface area contributed by atoms with Crippen LogP contribution in [0.25, 0.3) is 0 Å². The average molecular weight is 141 g/mol. The van der Waals surface area contributed by atoms with Gasteiger partial charge in [-0.2, -0.15) is 0 Å². The highest BCUT2D eigenvalue weighted by atomic mass is 32.1. The lowest BCUT2D eigenvalue weighted by Crippen LogP contribution is -2.12. The molecule has 0 aromatic carbocycles. The summed E-state index contributed by atoms with van der Waals surface area (Å²) in [7, 11) is 0. The Kier molecular flexibility index (Phi) is 1.95. The number of carbonyl (C=O) groups excluding carboxylic acids is 1. The summed E-state index contributed by atoms with van der Waals surface area (Å²) in [5.74, 6) is 0.0787. The van der Waals surface area contributed by atoms with Crippen molar-refractivity contribution in [1.29, 1.82) is 0 Å². The summed E-state index contributed by atoms with van der Waals surface area (Å²) in [6, 6.07) is 0. The molecule has 1 aliphatic heterocycles. The fraction of sp³-hybridized carbons (Fsp3) is 0.167. The van der Waals surface area contributed by atoms with Crippen LogP contribution in [0.15, 0.2) is 24.4 Å². The highest BCUT2D eigenvalue weighted by Gasteiger charge is 2.00. The summed E-state index contributed by atoms with van der Waals surface area (Å²) in [6.07, 6.45) is 6.76. The van der Waals surface area contributed by atoms with Gasteiger partial charge in [0.15, 0.2) is 5.78 Å². The van der Waals surface area contributed by atoms with Gasteiger partial charge in [-0.05, 0) is 12.2 Å². The molecule has 3 heteroatoms. The third-order valence-corrected chi connectivity index (χ3v) is 1.24. The third-order valence-electron chi connectivity index (χ3n) is 0.969. The number of carbonyl (C=O) groups is 1. The normalized spacial score (nSPS) is 18.3. The Bertz CT molecular complexity index is 174. The molecular formula is C6H7NOS. The van der Waals surface area contributed by atoms with Crippen molar-refractivity contribution in [2.24, 2.45) is 0 Å². The first kappa shape index (κ1) is 6.42. The summed E-state index contributed by atoms with van der Waals surface area (Å²) in [5.41, 5.74) is 0. The van der Waals surface area contributed by atoms with Crippen LogP contribution in [0, 0.1) is 0 Å². The van der Waals surface area contributed by atoms with E-state index in [0.29, 0.717) is 6.54 Å². The average Bonchev–Trinajstić information content (AvgIpc) is 1.93. The van der Waals surface area contributed by atoms with Crippen LogP contribution in [0.3, 0.4) is 0 Å². The van der Waals surface area contributed by atoms with Crippen molar-refractivity contribution in [2.75, 3.05) is 6.54 Å². The zero-order chi connectivity index (χ0) is 6.69. The summed E-state index contributed by atoms with van der Waals surface area (Å²) in [4.78, 5) is 10.7. The molecule has 0 spiro atoms. The maximum Gasteiger partial charge on any atom is 0.175 e. The molecule has 0 radical (unpaired) electrons. The van der Waals surface area contributed by atoms with Crippen molar-refractivity contribution in [3.8, 4) is 0 Å². The molecule has 9 heavy (non-hydrogen) atoms. The summed E-state index contributed by atoms with van der Waals surface area (Å²) < 4.78 is 1.54. The van der Waals surface area contributed by atoms with E-state index in [9.17, 15) is 4.79 Å². The fourth-order valence-electron chi connectivity index (χ4n) is 0.577. The van der Waals surface area contributed by atoms with E-state index in [2.05, 4.69) is 12.8 Å². The third kappa shape index (κ3) is 1.93. The van der Waals surface area contributed by atoms with Crippen LogP contribution < -0.4 is 0 Å². The summed E-state index contributed by atoms with van der Waals surface area (Å²) in [5, 5.41) is 0. The molecule has 0 saturated heterocycles. The Balaban J connectivity index is 2.64. The first-order valence-corrected chi connectivity index (χ1v) is 3.02. The van der Waals surface area contributed by atoms with Crippen LogP contribution in [-0.4, -0.2) is 16.6 Å². The van der Waals surface area contributed by atoms with Crippen molar-refractivity contribution < 1.29 is 4.79 Å². The summed E-state index contributed by atoms with van der Waals surface area (Å²) >= 11 is 3.98. The van der Waals surface area contributed by atoms with Gasteiger partial charge in [0.05, 0.1) is 6.54 Å². The van der Waals surface area contributed by atoms with Crippen molar-refractivity contribution >= 4 is 18.6 Å². The van der Waals surface area contributed by atoms with Gasteiger partial charge in [0.1, 0.15) is 0 Å². The molecule has 0 atom stereocenters. The van der Waals surface area contributed by atoms with Crippen LogP contribution in [-0.2, 0) is 4.79 Å². The first-order chi connectivity index (χ1) is 4.29. The number of ketones is 1. The van der Waals surface area contributed by atoms with E-state index in [-0.39, 0.29) is 5.78 Å². The van der Waals surface area contributed by atoms with Crippen LogP contribution in [0.4, 0.5) is 0 Å². The Morgan fingerprint density at radius 3 is 3.11 bits per heavy atom. The highest BCUT2D eigenvalue weighted by Crippen LogP contribution is 1.98. The van der Waals surface area contributed by atoms with Gasteiger partial charge in [0.25, 0.3) is 0 Å². The van der Waals surface area contributed by atoms with Gasteiger partial charge in [0, 0.05) is 6.20 Å². The van der Waals surface area contributed by atoms with E-state index in [4.69, 9.17) is 0 Å². The lowest BCUT2D eigenvalue weighted by atomic mass is 10.4. The molecule has 0 fully saturated rings. The molecule has 1 rings (SSSR count). The van der Waals surface area contributed by atoms with Gasteiger partial charge >= 0.3 is 0 Å². The number of hydrogen-bond donors (Lipinski definition) is 1. The molecule has 1 heterocycles. The molecular weight excluding hydrogens is 134 g/mol. The fourth-order valence-corrected chi connectivity index (χ4v) is 0.793. The molecule has 0 amide bonds. The Hall–Kier alpha value is -0.700. The predicted octanol–water partition coefficient (Wildman–Crippen LogP) is 0.786. The van der Waals surface area contributed by atoms with E-state index in [1.807, 2.05) is 0 Å². The minimum Gasteiger partial charge on any atom is -0.318 e. The second kappa shape index (κ2) is 2.73. The Morgan fingerprint density at radius 1 is 1.56 bits per heavy atom. The molecule has 0 unspecified atom stereocenters. The number of hydrogen-bond acceptors (Lipinski definition) is 3. The van der Waals surface area contributed by atoms with Crippen LogP contribution in [0.5, 0.6) is 0 Å². The van der Waals surface area contributed by atoms with Crippen molar-refractivity contribution in [3.63, 3.8) is 0 Å². The van der Waals surface area contributed by atoms with Crippen LogP contribution in [0.1, 0.15) is 0 Å². The largest absolute Gasteiger partial charge is 0.318 e. The van der Waals surface area contributed by atoms with Gasteiger partial charge in [-0.3, -0.25) is 4.79 Å². The van der Waals surface area contributed by atoms with E-state index >= 15 is 0 Å². The molecule has 0 bridgehead atoms. The minimum atomic E-state index is 0.0787. The topological polar surface area (TPSA) is 20.3 Å². The quantitative estimate of drug-likeness (QED) is 0.503. The maximum atomic E-state index is 10.7. The SMILES string of the molecule is O=C1C=CC=CN(S)C1. The zero-order valence-corrected chi connectivity index (χ0v) is 5.71. The first-order valence-electron chi connectivity index (χ1n) is 2.62. The number of nitrogens with zero attached hydrogens (tertiary/aromatic N) is 1. The number of allylic oxidation sites excluding steroid dienone is 2. The maximum absolute atomic E-state index is 10.7. The molecule has 0 N–H and O–H groups in total. The predicted molar refractivity (Wildman–Crippen MR) is 39.0 cm³/mol. The molecule has 0 aromatic heterocycles. The zero-order valence-electron chi connectivity index (χ0n) is 4.82. The van der Waals surface area contributed by atoms with Gasteiger partial charge in [-0.1, -0.05) is 18.9 Å². The Morgan fingerprint density at radius 2 is 2.33 bits per heavy atom. The lowest BCUT2D eigenvalue weighted by molar-refractivity contribution is -0.114. The lowest BCUT2D eigenvalue weighted by Gasteiger charge is -2.05. The number of thiol groups is 1. The Labute approximate surface area is 59.4 Å². The van der Waals surface area contributed by atoms with Gasteiger partial charge < -0.3 is 4.31 Å². The second-order valence-corrected chi connectivity index (χ2v) is 2.28. The summed E-state index contributed by atoms with van der Waals surface area (Å²) in [6.45, 7) is 0.357. The monoisotopic (exact) mass is 141 g/mol. The molecule has 0 aromatic rings. The molecule has 0 saturated carbocycles. The van der Waals surface area contributed by atoms with Crippen molar-refractivity contribution in [2.45, 2.75) is 0 Å². The standard InChI is InChI=1S/C6H7NOS/c8-6-3-1-2-4-7(9)5-6/h1-4,9H,5H2. The van der Waals surface area contributed by atoms with Gasteiger partial charge in [0.2, 0.25) is 0 Å². The van der Waals surface area contributed by atoms with Crippen molar-refractivity contribution in [3.05, 3.63) is 24.4 Å². The van der Waals surface area contributed by atoms with E-state index < -0.39 is 0 Å². The molecule has 48 valence electrons. The molecule has 2 nitrogen and oxygen atoms in total.